The molecule has 3 rings (SSSR count). The van der Waals surface area contributed by atoms with Crippen LogP contribution >= 0.6 is 0 Å². The van der Waals surface area contributed by atoms with E-state index in [0.29, 0.717) is 5.69 Å². The Balaban J connectivity index is 1.48. The zero-order valence-electron chi connectivity index (χ0n) is 13.8. The number of piperidine rings is 1. The predicted molar refractivity (Wildman–Crippen MR) is 91.4 cm³/mol. The van der Waals surface area contributed by atoms with Crippen molar-refractivity contribution >= 4 is 11.7 Å². The lowest BCUT2D eigenvalue weighted by Gasteiger charge is -2.26. The van der Waals surface area contributed by atoms with Crippen molar-refractivity contribution in [2.24, 2.45) is 0 Å². The van der Waals surface area contributed by atoms with Crippen molar-refractivity contribution in [3.8, 4) is 0 Å². The molecular formula is C18H26N4O. The second kappa shape index (κ2) is 8.09. The third-order valence-electron chi connectivity index (χ3n) is 4.65. The average molecular weight is 314 g/mol. The van der Waals surface area contributed by atoms with Gasteiger partial charge in [0, 0.05) is 19.6 Å². The standard InChI is InChI=1S/C18H26N4O/c23-18(22-11-5-2-6-12-22)16-13-21-17(14-20-16)19-10-9-15-7-3-1-4-8-15/h7,13-14H,1-6,8-12H2,(H,19,21). The Hall–Kier alpha value is -1.91. The first kappa shape index (κ1) is 16.0. The van der Waals surface area contributed by atoms with Crippen molar-refractivity contribution < 1.29 is 4.79 Å². The highest BCUT2D eigenvalue weighted by atomic mass is 16.2. The molecule has 0 unspecified atom stereocenters. The fraction of sp³-hybridized carbons (Fsp3) is 0.611. The molecule has 0 bridgehead atoms. The minimum absolute atomic E-state index is 0.0103. The van der Waals surface area contributed by atoms with E-state index in [-0.39, 0.29) is 5.91 Å². The number of rotatable bonds is 5. The molecule has 2 heterocycles. The smallest absolute Gasteiger partial charge is 0.274 e. The molecule has 5 nitrogen and oxygen atoms in total. The maximum absolute atomic E-state index is 12.3. The van der Waals surface area contributed by atoms with Gasteiger partial charge >= 0.3 is 0 Å². The van der Waals surface area contributed by atoms with Crippen LogP contribution in [0.25, 0.3) is 0 Å². The summed E-state index contributed by atoms with van der Waals surface area (Å²) in [7, 11) is 0. The van der Waals surface area contributed by atoms with E-state index < -0.39 is 0 Å². The normalized spacial score (nSPS) is 18.4. The fourth-order valence-corrected chi connectivity index (χ4v) is 3.27. The number of amides is 1. The number of likely N-dealkylation sites (tertiary alicyclic amines) is 1. The van der Waals surface area contributed by atoms with E-state index in [4.69, 9.17) is 0 Å². The van der Waals surface area contributed by atoms with Gasteiger partial charge < -0.3 is 10.2 Å². The summed E-state index contributed by atoms with van der Waals surface area (Å²) in [6, 6.07) is 0. The van der Waals surface area contributed by atoms with Gasteiger partial charge in [0.15, 0.2) is 0 Å². The molecule has 1 fully saturated rings. The lowest BCUT2D eigenvalue weighted by molar-refractivity contribution is 0.0718. The molecule has 5 heteroatoms. The SMILES string of the molecule is O=C(c1cnc(NCCC2=CCCCC2)cn1)N1CCCCC1. The number of carbonyl (C=O) groups is 1. The number of carbonyl (C=O) groups excluding carboxylic acids is 1. The van der Waals surface area contributed by atoms with E-state index >= 15 is 0 Å². The number of allylic oxidation sites excluding steroid dienone is 1. The topological polar surface area (TPSA) is 58.1 Å². The molecule has 1 aromatic rings. The number of nitrogens with one attached hydrogen (secondary N) is 1. The monoisotopic (exact) mass is 314 g/mol. The Morgan fingerprint density at radius 1 is 1.09 bits per heavy atom. The van der Waals surface area contributed by atoms with Crippen LogP contribution < -0.4 is 5.32 Å². The van der Waals surface area contributed by atoms with E-state index in [1.165, 1.54) is 32.1 Å². The predicted octanol–water partition coefficient (Wildman–Crippen LogP) is 3.41. The van der Waals surface area contributed by atoms with Crippen LogP contribution in [0, 0.1) is 0 Å². The van der Waals surface area contributed by atoms with Gasteiger partial charge in [-0.15, -0.1) is 0 Å². The Labute approximate surface area is 138 Å². The second-order valence-electron chi connectivity index (χ2n) is 6.42. The Morgan fingerprint density at radius 3 is 2.65 bits per heavy atom. The molecule has 23 heavy (non-hydrogen) atoms. The van der Waals surface area contributed by atoms with Crippen LogP contribution in [-0.4, -0.2) is 40.4 Å². The van der Waals surface area contributed by atoms with Crippen molar-refractivity contribution in [3.63, 3.8) is 0 Å². The average Bonchev–Trinajstić information content (AvgIpc) is 2.63. The van der Waals surface area contributed by atoms with Gasteiger partial charge in [-0.3, -0.25) is 4.79 Å². The minimum Gasteiger partial charge on any atom is -0.368 e. The highest BCUT2D eigenvalue weighted by Gasteiger charge is 2.19. The van der Waals surface area contributed by atoms with Crippen LogP contribution in [-0.2, 0) is 0 Å². The number of aromatic nitrogens is 2. The summed E-state index contributed by atoms with van der Waals surface area (Å²) >= 11 is 0. The van der Waals surface area contributed by atoms with E-state index in [1.807, 2.05) is 4.90 Å². The lowest BCUT2D eigenvalue weighted by atomic mass is 9.97. The van der Waals surface area contributed by atoms with Crippen molar-refractivity contribution in [2.45, 2.75) is 51.4 Å². The molecule has 1 saturated heterocycles. The van der Waals surface area contributed by atoms with Crippen molar-refractivity contribution in [1.29, 1.82) is 0 Å². The molecule has 1 aliphatic carbocycles. The van der Waals surface area contributed by atoms with Gasteiger partial charge in [-0.05, 0) is 51.4 Å². The summed E-state index contributed by atoms with van der Waals surface area (Å²) in [5, 5.41) is 3.30. The summed E-state index contributed by atoms with van der Waals surface area (Å²) in [5.41, 5.74) is 2.00. The van der Waals surface area contributed by atoms with Crippen LogP contribution in [0.2, 0.25) is 0 Å². The highest BCUT2D eigenvalue weighted by Crippen LogP contribution is 2.20. The van der Waals surface area contributed by atoms with Gasteiger partial charge in [-0.2, -0.15) is 0 Å². The summed E-state index contributed by atoms with van der Waals surface area (Å²) in [5.74, 6) is 0.757. The third kappa shape index (κ3) is 4.53. The first-order chi connectivity index (χ1) is 11.3. The molecule has 1 aromatic heterocycles. The van der Waals surface area contributed by atoms with Gasteiger partial charge in [0.25, 0.3) is 5.91 Å². The van der Waals surface area contributed by atoms with Crippen LogP contribution in [0.4, 0.5) is 5.82 Å². The zero-order valence-corrected chi connectivity index (χ0v) is 13.8. The highest BCUT2D eigenvalue weighted by molar-refractivity contribution is 5.92. The molecular weight excluding hydrogens is 288 g/mol. The second-order valence-corrected chi connectivity index (χ2v) is 6.42. The van der Waals surface area contributed by atoms with Gasteiger partial charge in [0.2, 0.25) is 0 Å². The minimum atomic E-state index is 0.0103. The van der Waals surface area contributed by atoms with Crippen LogP contribution in [0.15, 0.2) is 24.0 Å². The molecule has 0 spiro atoms. The molecule has 0 atom stereocenters. The molecule has 1 aliphatic heterocycles. The maximum atomic E-state index is 12.3. The van der Waals surface area contributed by atoms with Gasteiger partial charge in [0.1, 0.15) is 11.5 Å². The van der Waals surface area contributed by atoms with Gasteiger partial charge in [-0.1, -0.05) is 11.6 Å². The summed E-state index contributed by atoms with van der Waals surface area (Å²) in [6.45, 7) is 2.56. The quantitative estimate of drug-likeness (QED) is 0.846. The molecule has 2 aliphatic rings. The first-order valence-corrected chi connectivity index (χ1v) is 8.86. The third-order valence-corrected chi connectivity index (χ3v) is 4.65. The van der Waals surface area contributed by atoms with E-state index in [0.717, 1.165) is 44.7 Å². The van der Waals surface area contributed by atoms with Crippen LogP contribution in [0.5, 0.6) is 0 Å². The molecule has 0 radical (unpaired) electrons. The van der Waals surface area contributed by atoms with E-state index in [9.17, 15) is 4.79 Å². The Kier molecular flexibility index (Phi) is 5.61. The molecule has 0 aromatic carbocycles. The number of hydrogen-bond donors (Lipinski definition) is 1. The molecule has 1 N–H and O–H groups in total. The van der Waals surface area contributed by atoms with E-state index in [2.05, 4.69) is 21.4 Å². The first-order valence-electron chi connectivity index (χ1n) is 8.86. The number of anilines is 1. The Morgan fingerprint density at radius 2 is 1.96 bits per heavy atom. The lowest BCUT2D eigenvalue weighted by Crippen LogP contribution is -2.36. The van der Waals surface area contributed by atoms with Crippen molar-refractivity contribution in [1.82, 2.24) is 14.9 Å². The molecule has 1 amide bonds. The van der Waals surface area contributed by atoms with E-state index in [1.54, 1.807) is 18.0 Å². The maximum Gasteiger partial charge on any atom is 0.274 e. The summed E-state index contributed by atoms with van der Waals surface area (Å²) in [4.78, 5) is 22.8. The Bertz CT molecular complexity index is 547. The summed E-state index contributed by atoms with van der Waals surface area (Å²) < 4.78 is 0. The summed E-state index contributed by atoms with van der Waals surface area (Å²) in [6.07, 6.45) is 15.2. The fourth-order valence-electron chi connectivity index (χ4n) is 3.27. The number of hydrogen-bond acceptors (Lipinski definition) is 4. The van der Waals surface area contributed by atoms with Crippen LogP contribution in [0.1, 0.15) is 61.9 Å². The number of nitrogens with zero attached hydrogens (tertiary/aromatic N) is 3. The van der Waals surface area contributed by atoms with Gasteiger partial charge in [-0.25, -0.2) is 9.97 Å². The zero-order chi connectivity index (χ0) is 15.9. The molecule has 0 saturated carbocycles. The largest absolute Gasteiger partial charge is 0.368 e. The van der Waals surface area contributed by atoms with Crippen molar-refractivity contribution in [3.05, 3.63) is 29.7 Å². The van der Waals surface area contributed by atoms with Crippen LogP contribution in [0.3, 0.4) is 0 Å². The van der Waals surface area contributed by atoms with Crippen molar-refractivity contribution in [2.75, 3.05) is 25.0 Å². The molecule has 124 valence electrons. The van der Waals surface area contributed by atoms with Gasteiger partial charge in [0.05, 0.1) is 12.4 Å².